The Labute approximate surface area is 163 Å². The monoisotopic (exact) mass is 386 g/mol. The van der Waals surface area contributed by atoms with E-state index in [0.717, 1.165) is 23.4 Å². The van der Waals surface area contributed by atoms with E-state index < -0.39 is 6.04 Å². The van der Waals surface area contributed by atoms with E-state index >= 15 is 0 Å². The van der Waals surface area contributed by atoms with Crippen molar-refractivity contribution in [2.24, 2.45) is 5.92 Å². The molecule has 4 rings (SSSR count). The number of carbonyl (C=O) groups excluding carboxylic acids is 2. The van der Waals surface area contributed by atoms with Crippen LogP contribution in [-0.2, 0) is 20.7 Å². The highest BCUT2D eigenvalue weighted by Crippen LogP contribution is 2.29. The van der Waals surface area contributed by atoms with Crippen LogP contribution in [0.15, 0.2) is 24.0 Å². The number of allylic oxidation sites excluding steroid dienone is 2. The van der Waals surface area contributed by atoms with E-state index in [1.165, 1.54) is 0 Å². The third-order valence-corrected chi connectivity index (χ3v) is 5.71. The van der Waals surface area contributed by atoms with Crippen molar-refractivity contribution >= 4 is 11.8 Å². The Morgan fingerprint density at radius 1 is 1.39 bits per heavy atom. The maximum atomic E-state index is 13.0. The number of carbonyl (C=O) groups is 2. The number of nitrogens with zero attached hydrogens (tertiary/aromatic N) is 2. The highest BCUT2D eigenvalue weighted by molar-refractivity contribution is 5.97. The average Bonchev–Trinajstić information content (AvgIpc) is 2.96. The minimum Gasteiger partial charge on any atom is -0.493 e. The largest absolute Gasteiger partial charge is 0.493 e. The van der Waals surface area contributed by atoms with E-state index in [1.807, 2.05) is 32.1 Å². The first-order chi connectivity index (χ1) is 13.5. The van der Waals surface area contributed by atoms with Crippen molar-refractivity contribution in [2.75, 3.05) is 20.3 Å². The van der Waals surface area contributed by atoms with Crippen molar-refractivity contribution < 1.29 is 19.1 Å². The Morgan fingerprint density at radius 2 is 2.21 bits per heavy atom. The number of amides is 2. The molecule has 0 bridgehead atoms. The number of fused-ring (bicyclic) bond motifs is 2. The van der Waals surface area contributed by atoms with Gasteiger partial charge in [-0.3, -0.25) is 14.7 Å². The second kappa shape index (κ2) is 7.43. The fourth-order valence-electron chi connectivity index (χ4n) is 4.18. The smallest absolute Gasteiger partial charge is 0.272 e. The quantitative estimate of drug-likeness (QED) is 0.803. The molecule has 2 N–H and O–H groups in total. The fourth-order valence-corrected chi connectivity index (χ4v) is 4.18. The van der Waals surface area contributed by atoms with Crippen molar-refractivity contribution in [2.45, 2.75) is 44.9 Å². The molecule has 3 heterocycles. The van der Waals surface area contributed by atoms with Crippen molar-refractivity contribution in [3.63, 3.8) is 0 Å². The molecule has 3 unspecified atom stereocenters. The van der Waals surface area contributed by atoms with Gasteiger partial charge in [0, 0.05) is 25.1 Å². The fraction of sp³-hybridized carbons (Fsp3) is 0.550. The molecule has 1 aromatic rings. The number of aromatic nitrogens is 2. The van der Waals surface area contributed by atoms with Crippen LogP contribution in [0.2, 0.25) is 0 Å². The molecule has 150 valence electrons. The summed E-state index contributed by atoms with van der Waals surface area (Å²) in [4.78, 5) is 27.6. The van der Waals surface area contributed by atoms with Gasteiger partial charge in [0.15, 0.2) is 5.69 Å². The summed E-state index contributed by atoms with van der Waals surface area (Å²) in [6.45, 7) is 4.73. The van der Waals surface area contributed by atoms with Crippen LogP contribution in [0.25, 0.3) is 0 Å². The Balaban J connectivity index is 1.53. The van der Waals surface area contributed by atoms with Crippen LogP contribution in [0.3, 0.4) is 0 Å². The Hall–Kier alpha value is -2.61. The molecule has 1 aromatic heterocycles. The Kier molecular flexibility index (Phi) is 4.97. The van der Waals surface area contributed by atoms with Gasteiger partial charge >= 0.3 is 0 Å². The summed E-state index contributed by atoms with van der Waals surface area (Å²) in [6, 6.07) is -0.915. The van der Waals surface area contributed by atoms with E-state index in [4.69, 9.17) is 9.47 Å². The molecule has 2 aliphatic heterocycles. The molecule has 0 saturated carbocycles. The molecule has 3 aliphatic rings. The van der Waals surface area contributed by atoms with Gasteiger partial charge in [0.2, 0.25) is 5.91 Å². The molecule has 2 amide bonds. The zero-order chi connectivity index (χ0) is 19.8. The molecule has 8 nitrogen and oxygen atoms in total. The van der Waals surface area contributed by atoms with Crippen molar-refractivity contribution in [1.82, 2.24) is 20.4 Å². The lowest BCUT2D eigenvalue weighted by Gasteiger charge is -2.32. The topological polar surface area (TPSA) is 96.6 Å². The second-order valence-corrected chi connectivity index (χ2v) is 7.63. The first kappa shape index (κ1) is 18.7. The van der Waals surface area contributed by atoms with Crippen LogP contribution >= 0.6 is 0 Å². The van der Waals surface area contributed by atoms with E-state index in [9.17, 15) is 9.59 Å². The van der Waals surface area contributed by atoms with Gasteiger partial charge in [-0.1, -0.05) is 19.1 Å². The molecule has 0 radical (unpaired) electrons. The summed E-state index contributed by atoms with van der Waals surface area (Å²) in [5.74, 6) is 0.364. The summed E-state index contributed by atoms with van der Waals surface area (Å²) in [5.41, 5.74) is 2.03. The molecular weight excluding hydrogens is 360 g/mol. The Morgan fingerprint density at radius 3 is 3.04 bits per heavy atom. The van der Waals surface area contributed by atoms with Gasteiger partial charge < -0.3 is 19.7 Å². The van der Waals surface area contributed by atoms with E-state index in [0.29, 0.717) is 18.7 Å². The van der Waals surface area contributed by atoms with Gasteiger partial charge in [0.25, 0.3) is 5.91 Å². The lowest BCUT2D eigenvalue weighted by Crippen LogP contribution is -2.51. The van der Waals surface area contributed by atoms with E-state index in [-0.39, 0.29) is 36.5 Å². The SMILES string of the molecule is CC1OCCCc2c(C(=O)N[C@H]3COC4=CC=CC(C)C4N(C)C3=O)n[nH]c21. The van der Waals surface area contributed by atoms with Gasteiger partial charge in [-0.25, -0.2) is 0 Å². The standard InChI is InChI=1S/C20H26N4O4/c1-11-6-4-8-15-18(11)24(3)20(26)14(10-28-15)21-19(25)17-13-7-5-9-27-12(2)16(13)22-23-17/h4,6,8,11-12,14,18H,5,7,9-10H2,1-3H3,(H,21,25)(H,22,23)/t11?,12?,14-,18?/m0/s1. The van der Waals surface area contributed by atoms with Gasteiger partial charge in [-0.2, -0.15) is 5.10 Å². The lowest BCUT2D eigenvalue weighted by atomic mass is 9.94. The first-order valence-electron chi connectivity index (χ1n) is 9.74. The first-order valence-corrected chi connectivity index (χ1v) is 9.74. The van der Waals surface area contributed by atoms with Crippen LogP contribution in [0.4, 0.5) is 0 Å². The van der Waals surface area contributed by atoms with Gasteiger partial charge in [0.1, 0.15) is 18.4 Å². The molecule has 8 heteroatoms. The molecule has 0 aromatic carbocycles. The average molecular weight is 386 g/mol. The van der Waals surface area contributed by atoms with Crippen LogP contribution in [-0.4, -0.2) is 59.3 Å². The predicted octanol–water partition coefficient (Wildman–Crippen LogP) is 1.48. The van der Waals surface area contributed by atoms with Gasteiger partial charge in [-0.15, -0.1) is 0 Å². The van der Waals surface area contributed by atoms with Crippen LogP contribution in [0.1, 0.15) is 48.1 Å². The van der Waals surface area contributed by atoms with Crippen LogP contribution < -0.4 is 5.32 Å². The molecular formula is C20H26N4O4. The zero-order valence-electron chi connectivity index (χ0n) is 16.4. The molecule has 0 spiro atoms. The van der Waals surface area contributed by atoms with Crippen LogP contribution in [0.5, 0.6) is 0 Å². The summed E-state index contributed by atoms with van der Waals surface area (Å²) in [6.07, 6.45) is 7.27. The highest BCUT2D eigenvalue weighted by Gasteiger charge is 2.38. The number of nitrogens with one attached hydrogen (secondary N) is 2. The number of ether oxygens (including phenoxy) is 2. The predicted molar refractivity (Wildman–Crippen MR) is 101 cm³/mol. The van der Waals surface area contributed by atoms with Crippen LogP contribution in [0, 0.1) is 5.92 Å². The third kappa shape index (κ3) is 3.22. The van der Waals surface area contributed by atoms with Gasteiger partial charge in [0.05, 0.1) is 17.8 Å². The maximum absolute atomic E-state index is 13.0. The maximum Gasteiger partial charge on any atom is 0.272 e. The summed E-state index contributed by atoms with van der Waals surface area (Å²) in [5, 5.41) is 9.96. The minimum atomic E-state index is -0.761. The Bertz CT molecular complexity index is 843. The summed E-state index contributed by atoms with van der Waals surface area (Å²) in [7, 11) is 1.75. The minimum absolute atomic E-state index is 0.101. The molecule has 28 heavy (non-hydrogen) atoms. The zero-order valence-corrected chi connectivity index (χ0v) is 16.4. The second-order valence-electron chi connectivity index (χ2n) is 7.63. The molecule has 1 aliphatic carbocycles. The number of rotatable bonds is 2. The third-order valence-electron chi connectivity index (χ3n) is 5.71. The summed E-state index contributed by atoms with van der Waals surface area (Å²) < 4.78 is 11.6. The van der Waals surface area contributed by atoms with Crippen molar-refractivity contribution in [3.8, 4) is 0 Å². The van der Waals surface area contributed by atoms with E-state index in [1.54, 1.807) is 11.9 Å². The number of hydrogen-bond donors (Lipinski definition) is 2. The normalized spacial score (nSPS) is 29.8. The highest BCUT2D eigenvalue weighted by atomic mass is 16.5. The number of likely N-dealkylation sites (N-methyl/N-ethyl adjacent to an activating group) is 1. The van der Waals surface area contributed by atoms with Gasteiger partial charge in [-0.05, 0) is 25.8 Å². The molecule has 1 fully saturated rings. The number of H-pyrrole nitrogens is 1. The molecule has 1 saturated heterocycles. The summed E-state index contributed by atoms with van der Waals surface area (Å²) >= 11 is 0. The molecule has 4 atom stereocenters. The van der Waals surface area contributed by atoms with Crippen molar-refractivity contribution in [3.05, 3.63) is 40.9 Å². The van der Waals surface area contributed by atoms with E-state index in [2.05, 4.69) is 15.5 Å². The van der Waals surface area contributed by atoms with Crippen molar-refractivity contribution in [1.29, 1.82) is 0 Å². The number of hydrogen-bond acceptors (Lipinski definition) is 5. The number of aromatic amines is 1. The lowest BCUT2D eigenvalue weighted by molar-refractivity contribution is -0.133.